The van der Waals surface area contributed by atoms with Gasteiger partial charge < -0.3 is 9.64 Å². The van der Waals surface area contributed by atoms with Crippen molar-refractivity contribution < 1.29 is 14.3 Å². The third kappa shape index (κ3) is 4.43. The molecule has 0 radical (unpaired) electrons. The predicted molar refractivity (Wildman–Crippen MR) is 109 cm³/mol. The van der Waals surface area contributed by atoms with Gasteiger partial charge in [-0.3, -0.25) is 9.78 Å². The molecule has 3 rings (SSSR count). The molecule has 1 amide bonds. The van der Waals surface area contributed by atoms with E-state index in [4.69, 9.17) is 4.74 Å². The average molecular weight is 374 g/mol. The second kappa shape index (κ2) is 8.95. The number of ether oxygens (including phenoxy) is 1. The first-order valence-corrected chi connectivity index (χ1v) is 9.15. The fourth-order valence-electron chi connectivity index (χ4n) is 2.94. The van der Waals surface area contributed by atoms with Crippen LogP contribution in [0.1, 0.15) is 23.0 Å². The number of carbonyl (C=O) groups excluding carboxylic acids is 2. The highest BCUT2D eigenvalue weighted by Crippen LogP contribution is 2.19. The van der Waals surface area contributed by atoms with Crippen molar-refractivity contribution in [3.8, 4) is 11.3 Å². The molecule has 0 atom stereocenters. The van der Waals surface area contributed by atoms with E-state index >= 15 is 0 Å². The Bertz CT molecular complexity index is 956. The van der Waals surface area contributed by atoms with Crippen LogP contribution in [-0.4, -0.2) is 30.0 Å². The van der Waals surface area contributed by atoms with Crippen molar-refractivity contribution in [1.29, 1.82) is 0 Å². The van der Waals surface area contributed by atoms with Crippen LogP contribution in [0, 0.1) is 6.92 Å². The van der Waals surface area contributed by atoms with E-state index in [0.717, 1.165) is 16.9 Å². The minimum absolute atomic E-state index is 0.270. The van der Waals surface area contributed by atoms with Crippen LogP contribution in [0.2, 0.25) is 0 Å². The molecule has 0 aliphatic heterocycles. The second-order valence-corrected chi connectivity index (χ2v) is 6.25. The number of anilines is 1. The topological polar surface area (TPSA) is 59.5 Å². The Balaban J connectivity index is 1.67. The standard InChI is InChI=1S/C23H22N2O3/c1-3-25(19-12-8-5-9-13-19)22(26)16-28-23(27)20-14-15-21(24-17(20)2)18-10-6-4-7-11-18/h4-15H,3,16H2,1-2H3. The van der Waals surface area contributed by atoms with Crippen molar-refractivity contribution in [3.05, 3.63) is 84.1 Å². The summed E-state index contributed by atoms with van der Waals surface area (Å²) < 4.78 is 5.25. The number of para-hydroxylation sites is 1. The minimum atomic E-state index is -0.554. The molecule has 28 heavy (non-hydrogen) atoms. The van der Waals surface area contributed by atoms with Gasteiger partial charge in [-0.05, 0) is 38.1 Å². The summed E-state index contributed by atoms with van der Waals surface area (Å²) in [7, 11) is 0. The SMILES string of the molecule is CCN(C(=O)COC(=O)c1ccc(-c2ccccc2)nc1C)c1ccccc1. The minimum Gasteiger partial charge on any atom is -0.452 e. The Morgan fingerprint density at radius 3 is 2.18 bits per heavy atom. The number of aryl methyl sites for hydroxylation is 1. The van der Waals surface area contributed by atoms with Crippen molar-refractivity contribution in [3.63, 3.8) is 0 Å². The van der Waals surface area contributed by atoms with Crippen molar-refractivity contribution in [2.75, 3.05) is 18.1 Å². The van der Waals surface area contributed by atoms with Gasteiger partial charge in [0.05, 0.1) is 17.0 Å². The van der Waals surface area contributed by atoms with E-state index in [9.17, 15) is 9.59 Å². The number of benzene rings is 2. The summed E-state index contributed by atoms with van der Waals surface area (Å²) in [5.41, 5.74) is 3.45. The number of amides is 1. The molecule has 5 nitrogen and oxygen atoms in total. The lowest BCUT2D eigenvalue weighted by Crippen LogP contribution is -2.34. The Kier molecular flexibility index (Phi) is 6.17. The molecule has 3 aromatic rings. The zero-order chi connectivity index (χ0) is 19.9. The van der Waals surface area contributed by atoms with E-state index < -0.39 is 5.97 Å². The maximum Gasteiger partial charge on any atom is 0.340 e. The predicted octanol–water partition coefficient (Wildman–Crippen LogP) is 4.27. The van der Waals surface area contributed by atoms with Gasteiger partial charge in [-0.2, -0.15) is 0 Å². The van der Waals surface area contributed by atoms with E-state index in [1.54, 1.807) is 24.0 Å². The van der Waals surface area contributed by atoms with Gasteiger partial charge in [-0.1, -0.05) is 48.5 Å². The summed E-state index contributed by atoms with van der Waals surface area (Å²) in [6, 6.07) is 22.5. The van der Waals surface area contributed by atoms with E-state index in [0.29, 0.717) is 17.8 Å². The molecule has 0 N–H and O–H groups in total. The maximum atomic E-state index is 12.5. The van der Waals surface area contributed by atoms with E-state index in [1.807, 2.05) is 67.6 Å². The van der Waals surface area contributed by atoms with Crippen LogP contribution in [-0.2, 0) is 9.53 Å². The molecule has 0 fully saturated rings. The van der Waals surface area contributed by atoms with Crippen LogP contribution in [0.25, 0.3) is 11.3 Å². The number of likely N-dealkylation sites (N-methyl/N-ethyl adjacent to an activating group) is 1. The average Bonchev–Trinajstić information content (AvgIpc) is 2.74. The second-order valence-electron chi connectivity index (χ2n) is 6.25. The van der Waals surface area contributed by atoms with Gasteiger partial charge in [0, 0.05) is 17.8 Å². The fourth-order valence-corrected chi connectivity index (χ4v) is 2.94. The number of pyridine rings is 1. The van der Waals surface area contributed by atoms with Crippen LogP contribution in [0.3, 0.4) is 0 Å². The van der Waals surface area contributed by atoms with Crippen molar-refractivity contribution in [2.45, 2.75) is 13.8 Å². The van der Waals surface area contributed by atoms with E-state index in [1.165, 1.54) is 0 Å². The molecule has 142 valence electrons. The quantitative estimate of drug-likeness (QED) is 0.605. The molecule has 0 aliphatic rings. The summed E-state index contributed by atoms with van der Waals surface area (Å²) in [4.78, 5) is 31.0. The number of nitrogens with zero attached hydrogens (tertiary/aromatic N) is 2. The number of rotatable bonds is 6. The van der Waals surface area contributed by atoms with E-state index in [2.05, 4.69) is 4.98 Å². The number of hydrogen-bond acceptors (Lipinski definition) is 4. The molecule has 0 saturated carbocycles. The number of hydrogen-bond donors (Lipinski definition) is 0. The molecule has 0 saturated heterocycles. The molecule has 5 heteroatoms. The first kappa shape index (κ1) is 19.3. The first-order valence-electron chi connectivity index (χ1n) is 9.15. The maximum absolute atomic E-state index is 12.5. The summed E-state index contributed by atoms with van der Waals surface area (Å²) in [5.74, 6) is -0.823. The lowest BCUT2D eigenvalue weighted by molar-refractivity contribution is -0.121. The van der Waals surface area contributed by atoms with Crippen LogP contribution in [0.4, 0.5) is 5.69 Å². The van der Waals surface area contributed by atoms with E-state index in [-0.39, 0.29) is 12.5 Å². The highest BCUT2D eigenvalue weighted by atomic mass is 16.5. The van der Waals surface area contributed by atoms with Crippen molar-refractivity contribution >= 4 is 17.6 Å². The van der Waals surface area contributed by atoms with Gasteiger partial charge in [0.25, 0.3) is 5.91 Å². The number of carbonyl (C=O) groups is 2. The summed E-state index contributed by atoms with van der Waals surface area (Å²) in [6.07, 6.45) is 0. The van der Waals surface area contributed by atoms with Gasteiger partial charge >= 0.3 is 5.97 Å². The lowest BCUT2D eigenvalue weighted by Gasteiger charge is -2.20. The molecule has 0 bridgehead atoms. The molecule has 0 spiro atoms. The van der Waals surface area contributed by atoms with Crippen molar-refractivity contribution in [2.24, 2.45) is 0 Å². The Morgan fingerprint density at radius 1 is 0.929 bits per heavy atom. The normalized spacial score (nSPS) is 10.4. The van der Waals surface area contributed by atoms with Crippen LogP contribution < -0.4 is 4.90 Å². The molecule has 0 aliphatic carbocycles. The molecule has 0 unspecified atom stereocenters. The van der Waals surface area contributed by atoms with Crippen LogP contribution in [0.5, 0.6) is 0 Å². The monoisotopic (exact) mass is 374 g/mol. The van der Waals surface area contributed by atoms with Gasteiger partial charge in [0.2, 0.25) is 0 Å². The smallest absolute Gasteiger partial charge is 0.340 e. The van der Waals surface area contributed by atoms with Gasteiger partial charge in [-0.25, -0.2) is 4.79 Å². The zero-order valence-corrected chi connectivity index (χ0v) is 16.0. The largest absolute Gasteiger partial charge is 0.452 e. The van der Waals surface area contributed by atoms with Crippen molar-refractivity contribution in [1.82, 2.24) is 4.98 Å². The lowest BCUT2D eigenvalue weighted by atomic mass is 10.1. The third-order valence-electron chi connectivity index (χ3n) is 4.39. The van der Waals surface area contributed by atoms with Crippen LogP contribution >= 0.6 is 0 Å². The Morgan fingerprint density at radius 2 is 1.57 bits per heavy atom. The highest BCUT2D eigenvalue weighted by molar-refractivity contribution is 5.97. The molecular formula is C23H22N2O3. The fraction of sp³-hybridized carbons (Fsp3) is 0.174. The first-order chi connectivity index (χ1) is 13.6. The molecule has 1 heterocycles. The number of aromatic nitrogens is 1. The number of esters is 1. The molecule has 2 aromatic carbocycles. The summed E-state index contributed by atoms with van der Waals surface area (Å²) in [6.45, 7) is 3.81. The van der Waals surface area contributed by atoms with Gasteiger partial charge in [0.15, 0.2) is 6.61 Å². The molecule has 1 aromatic heterocycles. The van der Waals surface area contributed by atoms with Gasteiger partial charge in [-0.15, -0.1) is 0 Å². The summed E-state index contributed by atoms with van der Waals surface area (Å²) >= 11 is 0. The van der Waals surface area contributed by atoms with Gasteiger partial charge in [0.1, 0.15) is 0 Å². The Hall–Kier alpha value is -3.47. The Labute approximate surface area is 164 Å². The molecular weight excluding hydrogens is 352 g/mol. The van der Waals surface area contributed by atoms with Crippen LogP contribution in [0.15, 0.2) is 72.8 Å². The third-order valence-corrected chi connectivity index (χ3v) is 4.39. The zero-order valence-electron chi connectivity index (χ0n) is 16.0. The highest BCUT2D eigenvalue weighted by Gasteiger charge is 2.18. The summed E-state index contributed by atoms with van der Waals surface area (Å²) in [5, 5.41) is 0.